The summed E-state index contributed by atoms with van der Waals surface area (Å²) in [5, 5.41) is 0.412. The number of hydrogen-bond acceptors (Lipinski definition) is 5. The van der Waals surface area contributed by atoms with Gasteiger partial charge in [0, 0.05) is 5.92 Å². The summed E-state index contributed by atoms with van der Waals surface area (Å²) in [4.78, 5) is 16.8. The van der Waals surface area contributed by atoms with Crippen molar-refractivity contribution in [3.8, 4) is 11.5 Å². The van der Waals surface area contributed by atoms with Gasteiger partial charge in [-0.3, -0.25) is 4.79 Å². The molecule has 0 bridgehead atoms. The molecule has 2 N–H and O–H groups in total. The lowest BCUT2D eigenvalue weighted by molar-refractivity contribution is 0.0972. The van der Waals surface area contributed by atoms with E-state index in [1.54, 1.807) is 18.4 Å². The van der Waals surface area contributed by atoms with E-state index >= 15 is 0 Å². The number of carbonyl (C=O) groups excluding carboxylic acids is 1. The fourth-order valence-corrected chi connectivity index (χ4v) is 2.47. The number of ketones is 1. The maximum absolute atomic E-state index is 12.0. The van der Waals surface area contributed by atoms with Gasteiger partial charge in [0.05, 0.1) is 6.26 Å². The molecule has 2 aromatic heterocycles. The van der Waals surface area contributed by atoms with Gasteiger partial charge in [0.25, 0.3) is 0 Å². The summed E-state index contributed by atoms with van der Waals surface area (Å²) in [7, 11) is 0. The third-order valence-corrected chi connectivity index (χ3v) is 3.47. The van der Waals surface area contributed by atoms with Gasteiger partial charge in [0.15, 0.2) is 16.7 Å². The van der Waals surface area contributed by atoms with Crippen LogP contribution in [0.2, 0.25) is 0 Å². The average Bonchev–Trinajstić information content (AvgIpc) is 2.83. The molecule has 0 saturated heterocycles. The van der Waals surface area contributed by atoms with Gasteiger partial charge in [-0.25, -0.2) is 4.98 Å². The van der Waals surface area contributed by atoms with E-state index in [1.807, 2.05) is 0 Å². The van der Waals surface area contributed by atoms with Crippen LogP contribution in [0.3, 0.4) is 0 Å². The molecule has 5 heteroatoms. The van der Waals surface area contributed by atoms with Crippen LogP contribution in [-0.2, 0) is 0 Å². The number of nitrogen functional groups attached to an aromatic ring is 1. The van der Waals surface area contributed by atoms with E-state index < -0.39 is 0 Å². The first-order chi connectivity index (χ1) is 7.75. The van der Waals surface area contributed by atoms with E-state index in [0.29, 0.717) is 21.5 Å². The Morgan fingerprint density at radius 3 is 3.00 bits per heavy atom. The van der Waals surface area contributed by atoms with E-state index in [2.05, 4.69) is 4.98 Å². The number of anilines is 1. The van der Waals surface area contributed by atoms with Crippen molar-refractivity contribution < 1.29 is 9.21 Å². The molecule has 0 spiro atoms. The van der Waals surface area contributed by atoms with Crippen LogP contribution in [0.25, 0.3) is 11.5 Å². The largest absolute Gasteiger partial charge is 0.463 e. The SMILES string of the molecule is Nc1nc(-c2ccco2)c(C(=O)C2CC2)s1. The van der Waals surface area contributed by atoms with Crippen molar-refractivity contribution in [2.45, 2.75) is 12.8 Å². The fraction of sp³-hybridized carbons (Fsp3) is 0.273. The predicted octanol–water partition coefficient (Wildman–Crippen LogP) is 2.58. The Morgan fingerprint density at radius 1 is 1.56 bits per heavy atom. The molecule has 82 valence electrons. The molecule has 0 atom stereocenters. The summed E-state index contributed by atoms with van der Waals surface area (Å²) in [6.07, 6.45) is 3.53. The number of carbonyl (C=O) groups is 1. The highest BCUT2D eigenvalue weighted by atomic mass is 32.1. The lowest BCUT2D eigenvalue weighted by atomic mass is 10.2. The van der Waals surface area contributed by atoms with Gasteiger partial charge < -0.3 is 10.2 Å². The third-order valence-electron chi connectivity index (χ3n) is 2.57. The number of nitrogens with two attached hydrogens (primary N) is 1. The lowest BCUT2D eigenvalue weighted by Crippen LogP contribution is -2.00. The number of rotatable bonds is 3. The smallest absolute Gasteiger partial charge is 0.181 e. The highest BCUT2D eigenvalue weighted by Crippen LogP contribution is 2.38. The average molecular weight is 234 g/mol. The van der Waals surface area contributed by atoms with Crippen molar-refractivity contribution in [3.05, 3.63) is 23.3 Å². The Bertz CT molecular complexity index is 526. The normalized spacial score (nSPS) is 15.2. The molecule has 1 saturated carbocycles. The van der Waals surface area contributed by atoms with E-state index in [-0.39, 0.29) is 11.7 Å². The first kappa shape index (κ1) is 9.59. The van der Waals surface area contributed by atoms with E-state index in [1.165, 1.54) is 11.3 Å². The molecular weight excluding hydrogens is 224 g/mol. The van der Waals surface area contributed by atoms with Crippen molar-refractivity contribution in [2.24, 2.45) is 5.92 Å². The third kappa shape index (κ3) is 1.53. The molecule has 0 radical (unpaired) electrons. The zero-order chi connectivity index (χ0) is 11.1. The van der Waals surface area contributed by atoms with E-state index in [9.17, 15) is 4.79 Å². The van der Waals surface area contributed by atoms with Crippen molar-refractivity contribution in [2.75, 3.05) is 5.73 Å². The van der Waals surface area contributed by atoms with Gasteiger partial charge in [-0.15, -0.1) is 0 Å². The van der Waals surface area contributed by atoms with Crippen molar-refractivity contribution in [1.82, 2.24) is 4.98 Å². The summed E-state index contributed by atoms with van der Waals surface area (Å²) in [5.74, 6) is 0.936. The lowest BCUT2D eigenvalue weighted by Gasteiger charge is -1.96. The second kappa shape index (κ2) is 3.45. The highest BCUT2D eigenvalue weighted by Gasteiger charge is 2.34. The minimum Gasteiger partial charge on any atom is -0.463 e. The molecule has 4 nitrogen and oxygen atoms in total. The number of furan rings is 1. The highest BCUT2D eigenvalue weighted by molar-refractivity contribution is 7.17. The Labute approximate surface area is 96.1 Å². The van der Waals surface area contributed by atoms with Crippen LogP contribution in [0.4, 0.5) is 5.13 Å². The van der Waals surface area contributed by atoms with Gasteiger partial charge >= 0.3 is 0 Å². The Kier molecular flexibility index (Phi) is 2.07. The van der Waals surface area contributed by atoms with Gasteiger partial charge in [-0.1, -0.05) is 11.3 Å². The van der Waals surface area contributed by atoms with E-state index in [4.69, 9.17) is 10.2 Å². The van der Waals surface area contributed by atoms with Gasteiger partial charge in [0.2, 0.25) is 0 Å². The van der Waals surface area contributed by atoms with Crippen LogP contribution < -0.4 is 5.73 Å². The van der Waals surface area contributed by atoms with Crippen molar-refractivity contribution >= 4 is 22.3 Å². The molecule has 1 aliphatic carbocycles. The molecule has 0 aliphatic heterocycles. The minimum absolute atomic E-state index is 0.153. The Hall–Kier alpha value is -1.62. The first-order valence-electron chi connectivity index (χ1n) is 5.10. The Balaban J connectivity index is 2.07. The van der Waals surface area contributed by atoms with Crippen LogP contribution >= 0.6 is 11.3 Å². The van der Waals surface area contributed by atoms with Crippen LogP contribution in [0.1, 0.15) is 22.5 Å². The van der Waals surface area contributed by atoms with Gasteiger partial charge in [-0.05, 0) is 25.0 Å². The zero-order valence-electron chi connectivity index (χ0n) is 8.47. The zero-order valence-corrected chi connectivity index (χ0v) is 9.29. The van der Waals surface area contributed by atoms with Gasteiger partial charge in [0.1, 0.15) is 10.6 Å². The summed E-state index contributed by atoms with van der Waals surface area (Å²) >= 11 is 1.25. The first-order valence-corrected chi connectivity index (χ1v) is 5.92. The maximum Gasteiger partial charge on any atom is 0.181 e. The summed E-state index contributed by atoms with van der Waals surface area (Å²) in [6.45, 7) is 0. The molecule has 3 rings (SSSR count). The molecule has 16 heavy (non-hydrogen) atoms. The molecule has 0 amide bonds. The summed E-state index contributed by atoms with van der Waals surface area (Å²) in [5.41, 5.74) is 6.24. The number of aromatic nitrogens is 1. The van der Waals surface area contributed by atoms with Crippen molar-refractivity contribution in [3.63, 3.8) is 0 Å². The van der Waals surface area contributed by atoms with E-state index in [0.717, 1.165) is 12.8 Å². The minimum atomic E-state index is 0.153. The molecule has 1 aliphatic rings. The Morgan fingerprint density at radius 2 is 2.38 bits per heavy atom. The summed E-state index contributed by atoms with van der Waals surface area (Å²) in [6, 6.07) is 3.56. The van der Waals surface area contributed by atoms with Crippen LogP contribution in [0.5, 0.6) is 0 Å². The fourth-order valence-electron chi connectivity index (χ4n) is 1.61. The van der Waals surface area contributed by atoms with Crippen LogP contribution in [-0.4, -0.2) is 10.8 Å². The monoisotopic (exact) mass is 234 g/mol. The predicted molar refractivity (Wildman–Crippen MR) is 61.3 cm³/mol. The number of hydrogen-bond donors (Lipinski definition) is 1. The van der Waals surface area contributed by atoms with Crippen LogP contribution in [0.15, 0.2) is 22.8 Å². The standard InChI is InChI=1S/C11H10N2O2S/c12-11-13-8(7-2-1-5-15-7)10(16-11)9(14)6-3-4-6/h1-2,5-6H,3-4H2,(H2,12,13). The second-order valence-corrected chi connectivity index (χ2v) is 4.88. The molecular formula is C11H10N2O2S. The topological polar surface area (TPSA) is 69.1 Å². The molecule has 0 aromatic carbocycles. The number of thiazole rings is 1. The quantitative estimate of drug-likeness (QED) is 0.829. The molecule has 0 unspecified atom stereocenters. The molecule has 2 heterocycles. The molecule has 1 fully saturated rings. The van der Waals surface area contributed by atoms with Gasteiger partial charge in [-0.2, -0.15) is 0 Å². The van der Waals surface area contributed by atoms with Crippen LogP contribution in [0, 0.1) is 5.92 Å². The summed E-state index contributed by atoms with van der Waals surface area (Å²) < 4.78 is 5.26. The second-order valence-electron chi connectivity index (χ2n) is 3.85. The maximum atomic E-state index is 12.0. The number of Topliss-reactive ketones (excluding diaryl/α,β-unsaturated/α-hetero) is 1. The van der Waals surface area contributed by atoms with Crippen molar-refractivity contribution in [1.29, 1.82) is 0 Å². The molecule has 2 aromatic rings. The number of nitrogens with zero attached hydrogens (tertiary/aromatic N) is 1.